The van der Waals surface area contributed by atoms with E-state index < -0.39 is 22.7 Å². The molecule has 0 bridgehead atoms. The average molecular weight is 262 g/mol. The molecule has 0 aromatic rings. The van der Waals surface area contributed by atoms with E-state index in [-0.39, 0.29) is 13.1 Å². The van der Waals surface area contributed by atoms with Crippen molar-refractivity contribution in [3.05, 3.63) is 0 Å². The Labute approximate surface area is 93.9 Å². The summed E-state index contributed by atoms with van der Waals surface area (Å²) in [5.74, 6) is 0. The second-order valence-electron chi connectivity index (χ2n) is 3.40. The molecule has 8 heteroatoms. The van der Waals surface area contributed by atoms with Crippen LogP contribution >= 0.6 is 0 Å². The lowest BCUT2D eigenvalue weighted by Gasteiger charge is -2.17. The minimum Gasteiger partial charge on any atom is -0.309 e. The molecule has 0 aliphatic rings. The number of nitrogens with zero attached hydrogens (tertiary/aromatic N) is 1. The lowest BCUT2D eigenvalue weighted by molar-refractivity contribution is -0.124. The summed E-state index contributed by atoms with van der Waals surface area (Å²) in [6.07, 6.45) is -2.78. The normalized spacial score (nSPS) is 13.4. The van der Waals surface area contributed by atoms with Gasteiger partial charge in [0.1, 0.15) is 0 Å². The summed E-state index contributed by atoms with van der Waals surface area (Å²) in [6, 6.07) is 0. The van der Waals surface area contributed by atoms with Crippen molar-refractivity contribution in [3.63, 3.8) is 0 Å². The Morgan fingerprint density at radius 2 is 1.88 bits per heavy atom. The van der Waals surface area contributed by atoms with E-state index in [1.165, 1.54) is 4.31 Å². The molecule has 0 amide bonds. The van der Waals surface area contributed by atoms with Gasteiger partial charge in [-0.05, 0) is 13.0 Å². The monoisotopic (exact) mass is 262 g/mol. The fraction of sp³-hybridized carbons (Fsp3) is 1.00. The van der Waals surface area contributed by atoms with E-state index in [0.29, 0.717) is 13.0 Å². The first-order valence-electron chi connectivity index (χ1n) is 4.89. The van der Waals surface area contributed by atoms with Crippen LogP contribution in [0.2, 0.25) is 0 Å². The molecule has 16 heavy (non-hydrogen) atoms. The van der Waals surface area contributed by atoms with Crippen molar-refractivity contribution in [2.75, 3.05) is 32.4 Å². The molecule has 4 nitrogen and oxygen atoms in total. The van der Waals surface area contributed by atoms with Gasteiger partial charge in [0.2, 0.25) is 10.0 Å². The zero-order valence-electron chi connectivity index (χ0n) is 9.34. The molecule has 0 saturated carbocycles. The topological polar surface area (TPSA) is 49.4 Å². The summed E-state index contributed by atoms with van der Waals surface area (Å²) in [6.45, 7) is 1.35. The number of halogens is 3. The fourth-order valence-electron chi connectivity index (χ4n) is 1.17. The van der Waals surface area contributed by atoms with Crippen LogP contribution in [-0.4, -0.2) is 51.3 Å². The molecular weight excluding hydrogens is 245 g/mol. The number of alkyl halides is 3. The van der Waals surface area contributed by atoms with Crippen LogP contribution in [0.15, 0.2) is 0 Å². The zero-order valence-corrected chi connectivity index (χ0v) is 10.2. The van der Waals surface area contributed by atoms with Crippen LogP contribution in [0.4, 0.5) is 13.2 Å². The number of sulfonamides is 1. The lowest BCUT2D eigenvalue weighted by atomic mass is 10.4. The first kappa shape index (κ1) is 15.7. The van der Waals surface area contributed by atoms with Crippen LogP contribution in [0.5, 0.6) is 0 Å². The van der Waals surface area contributed by atoms with E-state index in [1.807, 2.05) is 0 Å². The van der Waals surface area contributed by atoms with Gasteiger partial charge in [-0.1, -0.05) is 6.92 Å². The van der Waals surface area contributed by atoms with Crippen LogP contribution in [0.1, 0.15) is 13.3 Å². The predicted molar refractivity (Wildman–Crippen MR) is 55.6 cm³/mol. The van der Waals surface area contributed by atoms with Crippen molar-refractivity contribution in [2.24, 2.45) is 0 Å². The first-order chi connectivity index (χ1) is 7.17. The number of rotatable bonds is 7. The van der Waals surface area contributed by atoms with E-state index in [9.17, 15) is 21.6 Å². The van der Waals surface area contributed by atoms with Crippen LogP contribution < -0.4 is 5.32 Å². The Morgan fingerprint density at radius 1 is 1.31 bits per heavy atom. The Hall–Kier alpha value is -0.340. The minimum atomic E-state index is -4.22. The van der Waals surface area contributed by atoms with Gasteiger partial charge in [0, 0.05) is 13.1 Å². The zero-order chi connectivity index (χ0) is 12.8. The molecule has 0 rings (SSSR count). The van der Waals surface area contributed by atoms with Gasteiger partial charge >= 0.3 is 6.18 Å². The molecule has 98 valence electrons. The number of nitrogens with one attached hydrogen (secondary N) is 1. The van der Waals surface area contributed by atoms with Crippen LogP contribution in [0.3, 0.4) is 0 Å². The van der Waals surface area contributed by atoms with Gasteiger partial charge in [-0.2, -0.15) is 13.2 Å². The second kappa shape index (κ2) is 6.41. The van der Waals surface area contributed by atoms with Gasteiger partial charge in [0.15, 0.2) is 0 Å². The lowest BCUT2D eigenvalue weighted by Crippen LogP contribution is -2.34. The maximum absolute atomic E-state index is 11.7. The smallest absolute Gasteiger partial charge is 0.309 e. The first-order valence-corrected chi connectivity index (χ1v) is 6.74. The molecule has 0 atom stereocenters. The van der Waals surface area contributed by atoms with E-state index in [2.05, 4.69) is 5.32 Å². The van der Waals surface area contributed by atoms with E-state index >= 15 is 0 Å². The molecule has 0 fully saturated rings. The molecule has 0 radical (unpaired) electrons. The number of hydrogen-bond acceptors (Lipinski definition) is 3. The summed E-state index contributed by atoms with van der Waals surface area (Å²) in [4.78, 5) is 0. The molecule has 0 saturated heterocycles. The fourth-order valence-corrected chi connectivity index (χ4v) is 2.10. The molecule has 0 unspecified atom stereocenters. The third-order valence-corrected chi connectivity index (χ3v) is 3.29. The van der Waals surface area contributed by atoms with Crippen molar-refractivity contribution in [1.82, 2.24) is 9.62 Å². The Kier molecular flexibility index (Phi) is 6.27. The molecule has 0 aliphatic carbocycles. The van der Waals surface area contributed by atoms with Gasteiger partial charge in [-0.25, -0.2) is 12.7 Å². The van der Waals surface area contributed by atoms with Crippen LogP contribution in [0.25, 0.3) is 0 Å². The van der Waals surface area contributed by atoms with Gasteiger partial charge < -0.3 is 5.32 Å². The number of hydrogen-bond donors (Lipinski definition) is 1. The van der Waals surface area contributed by atoms with Crippen molar-refractivity contribution in [2.45, 2.75) is 19.5 Å². The van der Waals surface area contributed by atoms with Gasteiger partial charge in [0.25, 0.3) is 0 Å². The quantitative estimate of drug-likeness (QED) is 0.691. The van der Waals surface area contributed by atoms with Gasteiger partial charge in [-0.15, -0.1) is 0 Å². The molecule has 0 aliphatic heterocycles. The highest BCUT2D eigenvalue weighted by Gasteiger charge is 2.26. The molecule has 0 aromatic carbocycles. The van der Waals surface area contributed by atoms with E-state index in [4.69, 9.17) is 0 Å². The summed E-state index contributed by atoms with van der Waals surface area (Å²) in [5.41, 5.74) is 0. The minimum absolute atomic E-state index is 0.144. The van der Waals surface area contributed by atoms with Crippen LogP contribution in [0, 0.1) is 0 Å². The van der Waals surface area contributed by atoms with Crippen molar-refractivity contribution in [3.8, 4) is 0 Å². The van der Waals surface area contributed by atoms with Crippen LogP contribution in [-0.2, 0) is 10.0 Å². The highest BCUT2D eigenvalue weighted by Crippen LogP contribution is 2.11. The molecule has 0 aromatic heterocycles. The maximum Gasteiger partial charge on any atom is 0.401 e. The van der Waals surface area contributed by atoms with Gasteiger partial charge in [0.05, 0.1) is 12.8 Å². The van der Waals surface area contributed by atoms with Crippen molar-refractivity contribution in [1.29, 1.82) is 0 Å². The van der Waals surface area contributed by atoms with E-state index in [0.717, 1.165) is 6.26 Å². The Morgan fingerprint density at radius 3 is 2.25 bits per heavy atom. The molecule has 0 heterocycles. The largest absolute Gasteiger partial charge is 0.401 e. The summed E-state index contributed by atoms with van der Waals surface area (Å²) in [7, 11) is -3.25. The van der Waals surface area contributed by atoms with Crippen molar-refractivity contribution < 1.29 is 21.6 Å². The average Bonchev–Trinajstić information content (AvgIpc) is 2.07. The molecular formula is C8H17F3N2O2S. The Bertz CT molecular complexity index is 290. The highest BCUT2D eigenvalue weighted by atomic mass is 32.2. The highest BCUT2D eigenvalue weighted by molar-refractivity contribution is 7.88. The predicted octanol–water partition coefficient (Wildman–Crippen LogP) is 0.810. The standard InChI is InChI=1S/C8H17F3N2O2S/c1-3-13(16(2,14)15)6-4-5-12-7-8(9,10)11/h12H,3-7H2,1-2H3. The third kappa shape index (κ3) is 7.89. The molecule has 0 spiro atoms. The SMILES string of the molecule is CCN(CCCNCC(F)(F)F)S(C)(=O)=O. The summed E-state index contributed by atoms with van der Waals surface area (Å²) in [5, 5.41) is 2.21. The summed E-state index contributed by atoms with van der Waals surface area (Å²) < 4.78 is 58.6. The maximum atomic E-state index is 11.7. The van der Waals surface area contributed by atoms with Crippen molar-refractivity contribution >= 4 is 10.0 Å². The molecule has 1 N–H and O–H groups in total. The van der Waals surface area contributed by atoms with E-state index in [1.54, 1.807) is 6.92 Å². The summed E-state index contributed by atoms with van der Waals surface area (Å²) >= 11 is 0. The Balaban J connectivity index is 3.74. The second-order valence-corrected chi connectivity index (χ2v) is 5.38. The third-order valence-electron chi connectivity index (χ3n) is 1.91. The van der Waals surface area contributed by atoms with Gasteiger partial charge in [-0.3, -0.25) is 0 Å².